The summed E-state index contributed by atoms with van der Waals surface area (Å²) in [5.41, 5.74) is 6.58. The van der Waals surface area contributed by atoms with Gasteiger partial charge in [0.2, 0.25) is 0 Å². The maximum atomic E-state index is 12.8. The van der Waals surface area contributed by atoms with E-state index in [-0.39, 0.29) is 36.8 Å². The highest BCUT2D eigenvalue weighted by atomic mass is 35.5. The number of likely N-dealkylation sites (tertiary alicyclic amines) is 1. The number of carbonyl (C=O) groups is 1. The molecule has 1 amide bonds. The highest BCUT2D eigenvalue weighted by molar-refractivity contribution is 7.22. The number of hydrogen-bond acceptors (Lipinski definition) is 5. The van der Waals surface area contributed by atoms with E-state index in [1.807, 2.05) is 29.3 Å². The largest absolute Gasteiger partial charge is 0.335 e. The average molecular weight is 394 g/mol. The standard InChI is InChI=1S/C15H19N3OS2.2ClH/c1-9-6-11(7-16)8-18(9)15(19)13-10(2)17-14(21-13)12-4-3-5-20-12;;/h3-5,9,11H,6-8,16H2,1-2H3;2*1H. The number of carbonyl (C=O) groups excluding carboxylic acids is 1. The summed E-state index contributed by atoms with van der Waals surface area (Å²) in [7, 11) is 0. The molecule has 1 saturated heterocycles. The molecule has 1 fully saturated rings. The minimum atomic E-state index is 0. The van der Waals surface area contributed by atoms with Crippen LogP contribution in [0.15, 0.2) is 17.5 Å². The zero-order valence-electron chi connectivity index (χ0n) is 13.0. The maximum Gasteiger partial charge on any atom is 0.266 e. The second-order valence-electron chi connectivity index (χ2n) is 5.55. The number of thiazole rings is 1. The number of aryl methyl sites for hydroxylation is 1. The lowest BCUT2D eigenvalue weighted by Gasteiger charge is -2.20. The molecule has 0 saturated carbocycles. The first-order valence-electron chi connectivity index (χ1n) is 7.12. The fraction of sp³-hybridized carbons (Fsp3) is 0.467. The van der Waals surface area contributed by atoms with Crippen LogP contribution in [0.5, 0.6) is 0 Å². The van der Waals surface area contributed by atoms with E-state index in [9.17, 15) is 4.79 Å². The second-order valence-corrected chi connectivity index (χ2v) is 7.50. The normalized spacial score (nSPS) is 20.0. The number of nitrogens with two attached hydrogens (primary N) is 1. The number of amides is 1. The average Bonchev–Trinajstić information content (AvgIpc) is 3.16. The summed E-state index contributed by atoms with van der Waals surface area (Å²) >= 11 is 3.15. The molecule has 0 aromatic carbocycles. The van der Waals surface area contributed by atoms with Crippen LogP contribution < -0.4 is 5.73 Å². The Balaban J connectivity index is 0.00000132. The molecule has 0 spiro atoms. The van der Waals surface area contributed by atoms with Crippen molar-refractivity contribution in [2.45, 2.75) is 26.3 Å². The quantitative estimate of drug-likeness (QED) is 0.861. The third-order valence-electron chi connectivity index (χ3n) is 3.98. The minimum Gasteiger partial charge on any atom is -0.335 e. The van der Waals surface area contributed by atoms with E-state index >= 15 is 0 Å². The molecule has 0 radical (unpaired) electrons. The topological polar surface area (TPSA) is 59.2 Å². The Bertz CT molecular complexity index is 645. The van der Waals surface area contributed by atoms with Gasteiger partial charge in [0.1, 0.15) is 9.88 Å². The lowest BCUT2D eigenvalue weighted by Crippen LogP contribution is -2.34. The van der Waals surface area contributed by atoms with Gasteiger partial charge in [-0.15, -0.1) is 47.5 Å². The fourth-order valence-corrected chi connectivity index (χ4v) is 4.65. The first-order chi connectivity index (χ1) is 10.1. The molecule has 2 atom stereocenters. The molecule has 3 heterocycles. The van der Waals surface area contributed by atoms with Gasteiger partial charge >= 0.3 is 0 Å². The van der Waals surface area contributed by atoms with Crippen LogP contribution in [0.25, 0.3) is 9.88 Å². The lowest BCUT2D eigenvalue weighted by atomic mass is 10.1. The van der Waals surface area contributed by atoms with Crippen molar-refractivity contribution < 1.29 is 4.79 Å². The Labute approximate surface area is 156 Å². The summed E-state index contributed by atoms with van der Waals surface area (Å²) < 4.78 is 0. The van der Waals surface area contributed by atoms with Crippen LogP contribution in [0.1, 0.15) is 28.7 Å². The fourth-order valence-electron chi connectivity index (χ4n) is 2.83. The predicted molar refractivity (Wildman–Crippen MR) is 102 cm³/mol. The van der Waals surface area contributed by atoms with Gasteiger partial charge in [-0.05, 0) is 44.2 Å². The van der Waals surface area contributed by atoms with Gasteiger partial charge in [0.05, 0.1) is 10.6 Å². The second kappa shape index (κ2) is 8.44. The van der Waals surface area contributed by atoms with Crippen molar-refractivity contribution in [2.75, 3.05) is 13.1 Å². The number of nitrogens with zero attached hydrogens (tertiary/aromatic N) is 2. The molecule has 2 N–H and O–H groups in total. The van der Waals surface area contributed by atoms with Crippen molar-refractivity contribution in [1.29, 1.82) is 0 Å². The molecule has 128 valence electrons. The summed E-state index contributed by atoms with van der Waals surface area (Å²) in [5, 5.41) is 2.97. The Morgan fingerprint density at radius 3 is 2.78 bits per heavy atom. The number of hydrogen-bond donors (Lipinski definition) is 1. The van der Waals surface area contributed by atoms with E-state index in [1.54, 1.807) is 11.3 Å². The molecule has 2 aromatic heterocycles. The lowest BCUT2D eigenvalue weighted by molar-refractivity contribution is 0.0747. The monoisotopic (exact) mass is 393 g/mol. The van der Waals surface area contributed by atoms with Crippen LogP contribution in [0.4, 0.5) is 0 Å². The van der Waals surface area contributed by atoms with E-state index in [0.29, 0.717) is 12.5 Å². The van der Waals surface area contributed by atoms with Gasteiger partial charge in [0.25, 0.3) is 5.91 Å². The predicted octanol–water partition coefficient (Wildman–Crippen LogP) is 3.83. The van der Waals surface area contributed by atoms with Crippen molar-refractivity contribution in [1.82, 2.24) is 9.88 Å². The van der Waals surface area contributed by atoms with Gasteiger partial charge in [0, 0.05) is 12.6 Å². The van der Waals surface area contributed by atoms with E-state index in [4.69, 9.17) is 5.73 Å². The first-order valence-corrected chi connectivity index (χ1v) is 8.82. The SMILES string of the molecule is Cc1nc(-c2cccs2)sc1C(=O)N1CC(CN)CC1C.Cl.Cl. The molecule has 0 bridgehead atoms. The third kappa shape index (κ3) is 4.06. The summed E-state index contributed by atoms with van der Waals surface area (Å²) in [6, 6.07) is 4.31. The molecule has 2 aromatic rings. The molecule has 3 rings (SSSR count). The van der Waals surface area contributed by atoms with Crippen molar-refractivity contribution >= 4 is 53.4 Å². The third-order valence-corrected chi connectivity index (χ3v) is 6.16. The van der Waals surface area contributed by atoms with Crippen molar-refractivity contribution in [2.24, 2.45) is 11.7 Å². The smallest absolute Gasteiger partial charge is 0.266 e. The molecular formula is C15H21Cl2N3OS2. The number of aromatic nitrogens is 1. The molecule has 1 aliphatic heterocycles. The molecule has 1 aliphatic rings. The van der Waals surface area contributed by atoms with Crippen LogP contribution in [-0.2, 0) is 0 Å². The minimum absolute atomic E-state index is 0. The number of thiophene rings is 1. The van der Waals surface area contributed by atoms with Gasteiger partial charge < -0.3 is 10.6 Å². The Morgan fingerprint density at radius 2 is 2.22 bits per heavy atom. The summed E-state index contributed by atoms with van der Waals surface area (Å²) in [6.45, 7) is 5.44. The van der Waals surface area contributed by atoms with E-state index in [0.717, 1.165) is 33.4 Å². The zero-order chi connectivity index (χ0) is 15.0. The summed E-state index contributed by atoms with van der Waals surface area (Å²) in [6.07, 6.45) is 0.998. The maximum absolute atomic E-state index is 12.8. The summed E-state index contributed by atoms with van der Waals surface area (Å²) in [5.74, 6) is 0.533. The zero-order valence-corrected chi connectivity index (χ0v) is 16.3. The van der Waals surface area contributed by atoms with Gasteiger partial charge in [-0.2, -0.15) is 0 Å². The van der Waals surface area contributed by atoms with Gasteiger partial charge in [-0.1, -0.05) is 6.07 Å². The first kappa shape index (κ1) is 20.4. The van der Waals surface area contributed by atoms with Crippen LogP contribution in [0, 0.1) is 12.8 Å². The van der Waals surface area contributed by atoms with Crippen LogP contribution in [-0.4, -0.2) is 34.9 Å². The van der Waals surface area contributed by atoms with Crippen LogP contribution in [0.3, 0.4) is 0 Å². The molecule has 8 heteroatoms. The molecule has 0 aliphatic carbocycles. The van der Waals surface area contributed by atoms with Crippen molar-refractivity contribution in [3.05, 3.63) is 28.1 Å². The van der Waals surface area contributed by atoms with Gasteiger partial charge in [0.15, 0.2) is 0 Å². The van der Waals surface area contributed by atoms with Crippen molar-refractivity contribution in [3.63, 3.8) is 0 Å². The van der Waals surface area contributed by atoms with Gasteiger partial charge in [-0.25, -0.2) is 4.98 Å². The van der Waals surface area contributed by atoms with E-state index in [1.165, 1.54) is 11.3 Å². The highest BCUT2D eigenvalue weighted by Crippen LogP contribution is 2.33. The molecular weight excluding hydrogens is 373 g/mol. The Morgan fingerprint density at radius 1 is 1.48 bits per heavy atom. The molecule has 4 nitrogen and oxygen atoms in total. The Kier molecular flexibility index (Phi) is 7.48. The van der Waals surface area contributed by atoms with Crippen molar-refractivity contribution in [3.8, 4) is 9.88 Å². The van der Waals surface area contributed by atoms with E-state index in [2.05, 4.69) is 11.9 Å². The molecule has 23 heavy (non-hydrogen) atoms. The molecule has 2 unspecified atom stereocenters. The highest BCUT2D eigenvalue weighted by Gasteiger charge is 2.33. The van der Waals surface area contributed by atoms with Crippen LogP contribution >= 0.6 is 47.5 Å². The number of rotatable bonds is 3. The van der Waals surface area contributed by atoms with Crippen LogP contribution in [0.2, 0.25) is 0 Å². The van der Waals surface area contributed by atoms with Gasteiger partial charge in [-0.3, -0.25) is 4.79 Å². The van der Waals surface area contributed by atoms with E-state index < -0.39 is 0 Å². The number of halogens is 2. The Hall–Kier alpha value is -0.660. The summed E-state index contributed by atoms with van der Waals surface area (Å²) in [4.78, 5) is 21.2.